The summed E-state index contributed by atoms with van der Waals surface area (Å²) >= 11 is 1.80. The molecule has 0 radical (unpaired) electrons. The molecule has 0 fully saturated rings. The number of thiophene rings is 1. The van der Waals surface area contributed by atoms with Gasteiger partial charge in [-0.05, 0) is 29.3 Å². The Balaban J connectivity index is 0.00000264. The zero-order valence-corrected chi connectivity index (χ0v) is 17.2. The van der Waals surface area contributed by atoms with E-state index in [-0.39, 0.29) is 29.9 Å². The van der Waals surface area contributed by atoms with E-state index < -0.39 is 0 Å². The van der Waals surface area contributed by atoms with Gasteiger partial charge in [0, 0.05) is 44.5 Å². The van der Waals surface area contributed by atoms with E-state index in [1.165, 1.54) is 10.4 Å². The van der Waals surface area contributed by atoms with Gasteiger partial charge in [0.25, 0.3) is 0 Å². The van der Waals surface area contributed by atoms with Gasteiger partial charge in [0.05, 0.1) is 0 Å². The fourth-order valence-electron chi connectivity index (χ4n) is 2.43. The highest BCUT2D eigenvalue weighted by atomic mass is 127. The van der Waals surface area contributed by atoms with Crippen molar-refractivity contribution in [3.63, 3.8) is 0 Å². The third-order valence-electron chi connectivity index (χ3n) is 3.69. The molecule has 2 N–H and O–H groups in total. The van der Waals surface area contributed by atoms with Crippen LogP contribution in [0.4, 0.5) is 0 Å². The molecular formula is C16H27IN4OS. The Morgan fingerprint density at radius 2 is 2.22 bits per heavy atom. The van der Waals surface area contributed by atoms with E-state index in [0.717, 1.165) is 32.0 Å². The van der Waals surface area contributed by atoms with Gasteiger partial charge in [0.15, 0.2) is 5.96 Å². The zero-order chi connectivity index (χ0) is 15.9. The number of halogens is 1. The Morgan fingerprint density at radius 3 is 2.91 bits per heavy atom. The molecule has 1 amide bonds. The van der Waals surface area contributed by atoms with Crippen molar-refractivity contribution in [1.82, 2.24) is 15.5 Å². The summed E-state index contributed by atoms with van der Waals surface area (Å²) in [6.07, 6.45) is 1.49. The molecule has 1 aliphatic heterocycles. The molecule has 0 saturated heterocycles. The second-order valence-electron chi connectivity index (χ2n) is 5.96. The Bertz CT molecular complexity index is 530. The lowest BCUT2D eigenvalue weighted by molar-refractivity contribution is -0.131. The average molecular weight is 450 g/mol. The van der Waals surface area contributed by atoms with Gasteiger partial charge < -0.3 is 15.5 Å². The third-order valence-corrected chi connectivity index (χ3v) is 4.72. The van der Waals surface area contributed by atoms with Crippen LogP contribution in [0.15, 0.2) is 16.4 Å². The number of nitrogens with one attached hydrogen (secondary N) is 2. The highest BCUT2D eigenvalue weighted by Gasteiger charge is 2.20. The summed E-state index contributed by atoms with van der Waals surface area (Å²) < 4.78 is 0. The van der Waals surface area contributed by atoms with Crippen LogP contribution < -0.4 is 10.6 Å². The predicted molar refractivity (Wildman–Crippen MR) is 108 cm³/mol. The van der Waals surface area contributed by atoms with Crippen LogP contribution in [0.2, 0.25) is 0 Å². The van der Waals surface area contributed by atoms with E-state index in [1.807, 2.05) is 4.90 Å². The summed E-state index contributed by atoms with van der Waals surface area (Å²) in [6, 6.07) is 2.13. The van der Waals surface area contributed by atoms with Gasteiger partial charge in [-0.15, -0.1) is 35.3 Å². The van der Waals surface area contributed by atoms with Crippen molar-refractivity contribution in [2.75, 3.05) is 26.7 Å². The third kappa shape index (κ3) is 6.29. The molecule has 0 spiro atoms. The van der Waals surface area contributed by atoms with Gasteiger partial charge in [-0.3, -0.25) is 9.79 Å². The van der Waals surface area contributed by atoms with Gasteiger partial charge >= 0.3 is 0 Å². The van der Waals surface area contributed by atoms with Crippen molar-refractivity contribution < 1.29 is 4.79 Å². The quantitative estimate of drug-likeness (QED) is 0.412. The van der Waals surface area contributed by atoms with Crippen molar-refractivity contribution in [2.24, 2.45) is 10.9 Å². The van der Waals surface area contributed by atoms with E-state index in [2.05, 4.69) is 40.9 Å². The minimum atomic E-state index is 0. The molecule has 0 bridgehead atoms. The monoisotopic (exact) mass is 450 g/mol. The van der Waals surface area contributed by atoms with E-state index in [0.29, 0.717) is 18.9 Å². The molecule has 2 heterocycles. The second kappa shape index (κ2) is 10.1. The number of hydrogen-bond acceptors (Lipinski definition) is 3. The lowest BCUT2D eigenvalue weighted by Crippen LogP contribution is -2.42. The molecular weight excluding hydrogens is 423 g/mol. The molecule has 1 aromatic heterocycles. The van der Waals surface area contributed by atoms with Crippen LogP contribution in [-0.4, -0.2) is 43.4 Å². The summed E-state index contributed by atoms with van der Waals surface area (Å²) in [5.41, 5.74) is 1.31. The maximum absolute atomic E-state index is 12.3. The molecule has 0 aliphatic carbocycles. The average Bonchev–Trinajstić information content (AvgIpc) is 2.97. The first-order valence-corrected chi connectivity index (χ1v) is 8.75. The molecule has 0 saturated carbocycles. The van der Waals surface area contributed by atoms with Gasteiger partial charge in [0.2, 0.25) is 5.91 Å². The highest BCUT2D eigenvalue weighted by molar-refractivity contribution is 14.0. The molecule has 0 unspecified atom stereocenters. The topological polar surface area (TPSA) is 56.7 Å². The number of amides is 1. The lowest BCUT2D eigenvalue weighted by atomic mass is 10.1. The summed E-state index contributed by atoms with van der Waals surface area (Å²) in [7, 11) is 1.75. The minimum absolute atomic E-state index is 0. The standard InChI is InChI=1S/C16H26N4OS.HI/c1-12(2)10-19-16(17-3)18-7-4-15(21)20-8-5-14-13(11-20)6-9-22-14;/h6,9,12H,4-5,7-8,10-11H2,1-3H3,(H2,17,18,19);1H. The smallest absolute Gasteiger partial charge is 0.224 e. The number of hydrogen-bond donors (Lipinski definition) is 2. The normalized spacial score (nSPS) is 14.3. The number of carbonyl (C=O) groups is 1. The Hall–Kier alpha value is -0.830. The summed E-state index contributed by atoms with van der Waals surface area (Å²) in [4.78, 5) is 19.8. The van der Waals surface area contributed by atoms with Crippen LogP contribution in [0, 0.1) is 5.92 Å². The zero-order valence-electron chi connectivity index (χ0n) is 14.1. The number of fused-ring (bicyclic) bond motifs is 1. The van der Waals surface area contributed by atoms with Crippen LogP contribution in [0.5, 0.6) is 0 Å². The van der Waals surface area contributed by atoms with Gasteiger partial charge in [0.1, 0.15) is 0 Å². The molecule has 7 heteroatoms. The van der Waals surface area contributed by atoms with Crippen LogP contribution in [-0.2, 0) is 17.8 Å². The van der Waals surface area contributed by atoms with Crippen LogP contribution in [0.25, 0.3) is 0 Å². The van der Waals surface area contributed by atoms with Crippen molar-refractivity contribution in [3.8, 4) is 0 Å². The van der Waals surface area contributed by atoms with E-state index in [9.17, 15) is 4.79 Å². The highest BCUT2D eigenvalue weighted by Crippen LogP contribution is 2.24. The van der Waals surface area contributed by atoms with Gasteiger partial charge in [-0.2, -0.15) is 0 Å². The second-order valence-corrected chi connectivity index (χ2v) is 6.96. The lowest BCUT2D eigenvalue weighted by Gasteiger charge is -2.27. The molecule has 0 aromatic carbocycles. The molecule has 130 valence electrons. The largest absolute Gasteiger partial charge is 0.356 e. The first kappa shape index (κ1) is 20.2. The number of rotatable bonds is 5. The van der Waals surface area contributed by atoms with E-state index >= 15 is 0 Å². The SMILES string of the molecule is CN=C(NCCC(=O)N1CCc2sccc2C1)NCC(C)C.I. The van der Waals surface area contributed by atoms with Crippen molar-refractivity contribution in [1.29, 1.82) is 0 Å². The van der Waals surface area contributed by atoms with E-state index in [1.54, 1.807) is 18.4 Å². The Kier molecular flexibility index (Phi) is 8.90. The molecule has 0 atom stereocenters. The van der Waals surface area contributed by atoms with Crippen molar-refractivity contribution in [2.45, 2.75) is 33.2 Å². The fourth-order valence-corrected chi connectivity index (χ4v) is 3.32. The number of guanidine groups is 1. The van der Waals surface area contributed by atoms with E-state index in [4.69, 9.17) is 0 Å². The fraction of sp³-hybridized carbons (Fsp3) is 0.625. The summed E-state index contributed by atoms with van der Waals surface area (Å²) in [5, 5.41) is 8.57. The first-order valence-electron chi connectivity index (χ1n) is 7.87. The summed E-state index contributed by atoms with van der Waals surface area (Å²) in [5.74, 6) is 1.54. The van der Waals surface area contributed by atoms with Gasteiger partial charge in [-0.25, -0.2) is 0 Å². The van der Waals surface area contributed by atoms with Crippen LogP contribution in [0.3, 0.4) is 0 Å². The van der Waals surface area contributed by atoms with Crippen molar-refractivity contribution >= 4 is 47.2 Å². The minimum Gasteiger partial charge on any atom is -0.356 e. The maximum atomic E-state index is 12.3. The Morgan fingerprint density at radius 1 is 1.43 bits per heavy atom. The van der Waals surface area contributed by atoms with Crippen LogP contribution in [0.1, 0.15) is 30.7 Å². The predicted octanol–water partition coefficient (Wildman–Crippen LogP) is 2.46. The van der Waals surface area contributed by atoms with Gasteiger partial charge in [-0.1, -0.05) is 13.8 Å². The molecule has 5 nitrogen and oxygen atoms in total. The molecule has 1 aliphatic rings. The number of carbonyl (C=O) groups excluding carboxylic acids is 1. The Labute approximate surface area is 160 Å². The molecule has 2 rings (SSSR count). The van der Waals surface area contributed by atoms with Crippen molar-refractivity contribution in [3.05, 3.63) is 21.9 Å². The summed E-state index contributed by atoms with van der Waals surface area (Å²) in [6.45, 7) is 7.40. The number of nitrogens with zero attached hydrogens (tertiary/aromatic N) is 2. The van der Waals surface area contributed by atoms with Crippen LogP contribution >= 0.6 is 35.3 Å². The molecule has 1 aromatic rings. The number of aliphatic imine (C=N–C) groups is 1. The maximum Gasteiger partial charge on any atom is 0.224 e. The molecule has 23 heavy (non-hydrogen) atoms. The first-order chi connectivity index (χ1) is 10.6.